The van der Waals surface area contributed by atoms with E-state index in [2.05, 4.69) is 4.74 Å². The van der Waals surface area contributed by atoms with Gasteiger partial charge in [0, 0.05) is 0 Å². The number of aromatic hydroxyl groups is 1. The van der Waals surface area contributed by atoms with Gasteiger partial charge in [-0.1, -0.05) is 12.1 Å². The first-order valence-electron chi connectivity index (χ1n) is 4.82. The lowest BCUT2D eigenvalue weighted by Crippen LogP contribution is -2.35. The molecule has 0 atom stereocenters. The molecule has 1 N–H and O–H groups in total. The molecule has 1 aromatic carbocycles. The Kier molecular flexibility index (Phi) is 3.32. The summed E-state index contributed by atoms with van der Waals surface area (Å²) in [5.74, 6) is -1.36. The van der Waals surface area contributed by atoms with Crippen LogP contribution in [0.2, 0.25) is 0 Å². The summed E-state index contributed by atoms with van der Waals surface area (Å²) in [5, 5.41) is 9.14. The van der Waals surface area contributed by atoms with E-state index in [9.17, 15) is 9.59 Å². The summed E-state index contributed by atoms with van der Waals surface area (Å²) in [6.07, 6.45) is 0. The topological polar surface area (TPSA) is 63.6 Å². The van der Waals surface area contributed by atoms with Crippen LogP contribution in [0.3, 0.4) is 0 Å². The van der Waals surface area contributed by atoms with Crippen molar-refractivity contribution in [2.75, 3.05) is 7.11 Å². The molecular formula is C12H14O4. The maximum Gasteiger partial charge on any atom is 0.375 e. The third kappa shape index (κ3) is 2.21. The Morgan fingerprint density at radius 3 is 2.12 bits per heavy atom. The molecule has 0 aliphatic carbocycles. The summed E-state index contributed by atoms with van der Waals surface area (Å²) >= 11 is 0. The van der Waals surface area contributed by atoms with E-state index in [0.717, 1.165) is 0 Å². The van der Waals surface area contributed by atoms with Crippen LogP contribution >= 0.6 is 0 Å². The molecule has 0 fully saturated rings. The van der Waals surface area contributed by atoms with Gasteiger partial charge in [-0.3, -0.25) is 4.79 Å². The molecule has 0 saturated carbocycles. The van der Waals surface area contributed by atoms with Crippen molar-refractivity contribution < 1.29 is 19.4 Å². The Morgan fingerprint density at radius 2 is 1.69 bits per heavy atom. The van der Waals surface area contributed by atoms with Gasteiger partial charge in [0.1, 0.15) is 5.75 Å². The Bertz CT molecular complexity index is 404. The minimum atomic E-state index is -0.958. The minimum Gasteiger partial charge on any atom is -0.508 e. The average molecular weight is 222 g/mol. The highest BCUT2D eigenvalue weighted by Crippen LogP contribution is 2.26. The van der Waals surface area contributed by atoms with Crippen LogP contribution in [0.5, 0.6) is 5.75 Å². The van der Waals surface area contributed by atoms with Crippen LogP contribution in [0, 0.1) is 0 Å². The number of benzene rings is 1. The smallest absolute Gasteiger partial charge is 0.375 e. The molecular weight excluding hydrogens is 208 g/mol. The van der Waals surface area contributed by atoms with Crippen LogP contribution in [0.25, 0.3) is 0 Å². The lowest BCUT2D eigenvalue weighted by atomic mass is 9.80. The van der Waals surface area contributed by atoms with Crippen LogP contribution in [0.4, 0.5) is 0 Å². The zero-order valence-electron chi connectivity index (χ0n) is 9.48. The van der Waals surface area contributed by atoms with Gasteiger partial charge in [-0.05, 0) is 31.5 Å². The zero-order valence-corrected chi connectivity index (χ0v) is 9.48. The van der Waals surface area contributed by atoms with E-state index in [4.69, 9.17) is 5.11 Å². The lowest BCUT2D eigenvalue weighted by Gasteiger charge is -2.21. The number of rotatable bonds is 3. The molecule has 0 aliphatic heterocycles. The third-order valence-electron chi connectivity index (χ3n) is 2.53. The maximum absolute atomic E-state index is 11.7. The Labute approximate surface area is 93.9 Å². The molecule has 0 saturated heterocycles. The van der Waals surface area contributed by atoms with Crippen molar-refractivity contribution in [1.29, 1.82) is 0 Å². The van der Waals surface area contributed by atoms with Crippen molar-refractivity contribution in [2.45, 2.75) is 19.3 Å². The summed E-state index contributed by atoms with van der Waals surface area (Å²) in [6, 6.07) is 6.16. The Hall–Kier alpha value is -1.84. The summed E-state index contributed by atoms with van der Waals surface area (Å²) in [6.45, 7) is 3.28. The number of hydrogen-bond donors (Lipinski definition) is 1. The maximum atomic E-state index is 11.7. The van der Waals surface area contributed by atoms with E-state index < -0.39 is 17.2 Å². The molecule has 0 unspecified atom stereocenters. The number of Topliss-reactive ketones (excluding diaryl/α,β-unsaturated/α-hetero) is 1. The predicted molar refractivity (Wildman–Crippen MR) is 58.2 cm³/mol. The normalized spacial score (nSPS) is 10.9. The number of carbonyl (C=O) groups excluding carboxylic acids is 2. The Morgan fingerprint density at radius 1 is 1.19 bits per heavy atom. The van der Waals surface area contributed by atoms with E-state index in [0.29, 0.717) is 5.56 Å². The third-order valence-corrected chi connectivity index (χ3v) is 2.53. The van der Waals surface area contributed by atoms with Gasteiger partial charge in [0.15, 0.2) is 0 Å². The van der Waals surface area contributed by atoms with Gasteiger partial charge < -0.3 is 9.84 Å². The van der Waals surface area contributed by atoms with Gasteiger partial charge in [-0.15, -0.1) is 0 Å². The molecule has 0 aromatic heterocycles. The van der Waals surface area contributed by atoms with Crippen molar-refractivity contribution in [2.24, 2.45) is 0 Å². The molecule has 0 aliphatic rings. The van der Waals surface area contributed by atoms with E-state index in [1.807, 2.05) is 0 Å². The lowest BCUT2D eigenvalue weighted by molar-refractivity contribution is -0.153. The van der Waals surface area contributed by atoms with E-state index >= 15 is 0 Å². The molecule has 0 spiro atoms. The summed E-state index contributed by atoms with van der Waals surface area (Å²) in [5.41, 5.74) is -0.304. The molecule has 86 valence electrons. The zero-order chi connectivity index (χ0) is 12.3. The summed E-state index contributed by atoms with van der Waals surface area (Å²) in [4.78, 5) is 22.9. The SMILES string of the molecule is COC(=O)C(=O)C(C)(C)c1ccc(O)cc1. The Balaban J connectivity index is 3.06. The predicted octanol–water partition coefficient (Wildman–Crippen LogP) is 1.41. The molecule has 0 heterocycles. The van der Waals surface area contributed by atoms with Gasteiger partial charge in [0.25, 0.3) is 0 Å². The van der Waals surface area contributed by atoms with E-state index in [1.165, 1.54) is 19.2 Å². The van der Waals surface area contributed by atoms with E-state index in [1.54, 1.807) is 26.0 Å². The number of ether oxygens (including phenoxy) is 1. The van der Waals surface area contributed by atoms with Crippen LogP contribution in [0.1, 0.15) is 19.4 Å². The van der Waals surface area contributed by atoms with Crippen molar-refractivity contribution in [3.63, 3.8) is 0 Å². The average Bonchev–Trinajstić information content (AvgIpc) is 2.27. The second kappa shape index (κ2) is 4.35. The fourth-order valence-electron chi connectivity index (χ4n) is 1.36. The molecule has 1 rings (SSSR count). The number of methoxy groups -OCH3 is 1. The highest BCUT2D eigenvalue weighted by Gasteiger charge is 2.35. The van der Waals surface area contributed by atoms with Crippen molar-refractivity contribution in [3.05, 3.63) is 29.8 Å². The number of ketones is 1. The first-order chi connectivity index (χ1) is 7.39. The number of phenolic OH excluding ortho intramolecular Hbond substituents is 1. The van der Waals surface area contributed by atoms with Crippen molar-refractivity contribution in [3.8, 4) is 5.75 Å². The van der Waals surface area contributed by atoms with Crippen LogP contribution in [-0.2, 0) is 19.7 Å². The largest absolute Gasteiger partial charge is 0.508 e. The number of carbonyl (C=O) groups is 2. The van der Waals surface area contributed by atoms with E-state index in [-0.39, 0.29) is 5.75 Å². The molecule has 4 heteroatoms. The second-order valence-electron chi connectivity index (χ2n) is 3.99. The first-order valence-corrected chi connectivity index (χ1v) is 4.82. The fourth-order valence-corrected chi connectivity index (χ4v) is 1.36. The summed E-state index contributed by atoms with van der Waals surface area (Å²) < 4.78 is 4.41. The molecule has 16 heavy (non-hydrogen) atoms. The van der Waals surface area contributed by atoms with Crippen LogP contribution in [-0.4, -0.2) is 24.0 Å². The van der Waals surface area contributed by atoms with Gasteiger partial charge >= 0.3 is 5.97 Å². The van der Waals surface area contributed by atoms with Crippen LogP contribution < -0.4 is 0 Å². The van der Waals surface area contributed by atoms with Crippen molar-refractivity contribution in [1.82, 2.24) is 0 Å². The first kappa shape index (κ1) is 12.2. The molecule has 4 nitrogen and oxygen atoms in total. The van der Waals surface area contributed by atoms with Gasteiger partial charge in [-0.2, -0.15) is 0 Å². The van der Waals surface area contributed by atoms with Gasteiger partial charge in [-0.25, -0.2) is 4.79 Å². The van der Waals surface area contributed by atoms with Gasteiger partial charge in [0.05, 0.1) is 12.5 Å². The number of hydrogen-bond acceptors (Lipinski definition) is 4. The standard InChI is InChI=1S/C12H14O4/c1-12(2,10(14)11(15)16-3)8-4-6-9(13)7-5-8/h4-7,13H,1-3H3. The molecule has 0 bridgehead atoms. The number of esters is 1. The molecule has 0 radical (unpaired) electrons. The second-order valence-corrected chi connectivity index (χ2v) is 3.99. The fraction of sp³-hybridized carbons (Fsp3) is 0.333. The van der Waals surface area contributed by atoms with Gasteiger partial charge in [0.2, 0.25) is 5.78 Å². The highest BCUT2D eigenvalue weighted by molar-refractivity contribution is 6.37. The highest BCUT2D eigenvalue weighted by atomic mass is 16.5. The number of phenols is 1. The molecule has 0 amide bonds. The minimum absolute atomic E-state index is 0.116. The monoisotopic (exact) mass is 222 g/mol. The quantitative estimate of drug-likeness (QED) is 0.620. The van der Waals surface area contributed by atoms with Crippen LogP contribution in [0.15, 0.2) is 24.3 Å². The van der Waals surface area contributed by atoms with Crippen molar-refractivity contribution >= 4 is 11.8 Å². The summed E-state index contributed by atoms with van der Waals surface area (Å²) in [7, 11) is 1.17. The molecule has 1 aromatic rings.